The fraction of sp³-hybridized carbons (Fsp3) is 0.231. The molecule has 2 aromatic carbocycles. The molecule has 0 aliphatic heterocycles. The molecule has 0 unspecified atom stereocenters. The molecular formula is C26H22N4O2S2. The minimum absolute atomic E-state index is 0.0153. The van der Waals surface area contributed by atoms with Crippen LogP contribution in [-0.4, -0.2) is 19.1 Å². The van der Waals surface area contributed by atoms with Crippen LogP contribution in [0.2, 0.25) is 0 Å². The van der Waals surface area contributed by atoms with E-state index in [0.717, 1.165) is 41.6 Å². The van der Waals surface area contributed by atoms with Crippen LogP contribution in [0.3, 0.4) is 0 Å². The summed E-state index contributed by atoms with van der Waals surface area (Å²) in [6.07, 6.45) is 4.24. The van der Waals surface area contributed by atoms with E-state index in [2.05, 4.69) is 0 Å². The lowest BCUT2D eigenvalue weighted by Crippen LogP contribution is -2.23. The maximum Gasteiger partial charge on any atom is 0.267 e. The predicted molar refractivity (Wildman–Crippen MR) is 138 cm³/mol. The zero-order valence-corrected chi connectivity index (χ0v) is 20.3. The Morgan fingerprint density at radius 2 is 1.71 bits per heavy atom. The summed E-state index contributed by atoms with van der Waals surface area (Å²) in [7, 11) is 1.74. The van der Waals surface area contributed by atoms with Crippen molar-refractivity contribution < 1.29 is 0 Å². The molecule has 8 heteroatoms. The van der Waals surface area contributed by atoms with Crippen molar-refractivity contribution in [1.82, 2.24) is 19.1 Å². The molecule has 0 fully saturated rings. The number of fused-ring (bicyclic) bond motifs is 4. The van der Waals surface area contributed by atoms with Crippen LogP contribution in [0.5, 0.6) is 0 Å². The lowest BCUT2D eigenvalue weighted by atomic mass is 9.97. The standard InChI is InChI=1S/C26H22N4O2S2/c1-29-21(27-19-13-7-5-11-17(19)24(29)31)15-33-26-28-23-22(18-12-6-8-14-20(18)34-23)25(32)30(26)16-9-3-2-4-10-16/h2-5,7,9-11,13H,6,8,12,14-15H2,1H3. The van der Waals surface area contributed by atoms with Gasteiger partial charge < -0.3 is 0 Å². The Balaban J connectivity index is 1.49. The highest BCUT2D eigenvalue weighted by Gasteiger charge is 2.23. The average Bonchev–Trinajstić information content (AvgIpc) is 3.24. The van der Waals surface area contributed by atoms with E-state index in [0.29, 0.717) is 27.6 Å². The van der Waals surface area contributed by atoms with Crippen LogP contribution in [0.15, 0.2) is 69.3 Å². The third kappa shape index (κ3) is 3.49. The number of para-hydroxylation sites is 2. The van der Waals surface area contributed by atoms with Crippen LogP contribution in [0.4, 0.5) is 0 Å². The molecule has 0 saturated carbocycles. The van der Waals surface area contributed by atoms with Crippen LogP contribution in [0.1, 0.15) is 29.1 Å². The van der Waals surface area contributed by atoms with E-state index in [4.69, 9.17) is 9.97 Å². The maximum atomic E-state index is 13.8. The summed E-state index contributed by atoms with van der Waals surface area (Å²) in [5.74, 6) is 1.07. The monoisotopic (exact) mass is 486 g/mol. The molecule has 1 aliphatic carbocycles. The largest absolute Gasteiger partial charge is 0.299 e. The lowest BCUT2D eigenvalue weighted by Gasteiger charge is -2.14. The molecule has 0 spiro atoms. The highest BCUT2D eigenvalue weighted by molar-refractivity contribution is 7.98. The van der Waals surface area contributed by atoms with E-state index in [9.17, 15) is 9.59 Å². The van der Waals surface area contributed by atoms with Gasteiger partial charge in [0.25, 0.3) is 11.1 Å². The van der Waals surface area contributed by atoms with Crippen LogP contribution in [0, 0.1) is 0 Å². The number of thiophene rings is 1. The van der Waals surface area contributed by atoms with Gasteiger partial charge in [0.15, 0.2) is 5.16 Å². The van der Waals surface area contributed by atoms with Gasteiger partial charge in [0.1, 0.15) is 10.7 Å². The molecule has 1 aliphatic rings. The molecule has 0 atom stereocenters. The number of hydrogen-bond acceptors (Lipinski definition) is 6. The van der Waals surface area contributed by atoms with Gasteiger partial charge in [-0.3, -0.25) is 18.7 Å². The normalized spacial score (nSPS) is 13.4. The van der Waals surface area contributed by atoms with Crippen molar-refractivity contribution in [3.8, 4) is 5.69 Å². The minimum atomic E-state index is -0.0732. The van der Waals surface area contributed by atoms with Crippen molar-refractivity contribution in [3.63, 3.8) is 0 Å². The van der Waals surface area contributed by atoms with Gasteiger partial charge >= 0.3 is 0 Å². The van der Waals surface area contributed by atoms with E-state index >= 15 is 0 Å². The van der Waals surface area contributed by atoms with Crippen LogP contribution in [0.25, 0.3) is 26.8 Å². The molecule has 5 aromatic rings. The second-order valence-electron chi connectivity index (χ2n) is 8.46. The SMILES string of the molecule is Cn1c(CSc2nc3sc4c(c3c(=O)n2-c2ccccc2)CCCC4)nc2ccccc2c1=O. The molecule has 0 N–H and O–H groups in total. The summed E-state index contributed by atoms with van der Waals surface area (Å²) < 4.78 is 3.30. The molecule has 6 nitrogen and oxygen atoms in total. The zero-order valence-electron chi connectivity index (χ0n) is 18.7. The molecule has 3 aromatic heterocycles. The number of benzene rings is 2. The topological polar surface area (TPSA) is 69.8 Å². The van der Waals surface area contributed by atoms with Crippen LogP contribution < -0.4 is 11.1 Å². The number of nitrogens with zero attached hydrogens (tertiary/aromatic N) is 4. The Hall–Kier alpha value is -3.23. The van der Waals surface area contributed by atoms with Gasteiger partial charge in [-0.15, -0.1) is 11.3 Å². The Kier molecular flexibility index (Phi) is 5.34. The highest BCUT2D eigenvalue weighted by Crippen LogP contribution is 2.35. The predicted octanol–water partition coefficient (Wildman–Crippen LogP) is 4.87. The van der Waals surface area contributed by atoms with Gasteiger partial charge in [-0.25, -0.2) is 9.97 Å². The van der Waals surface area contributed by atoms with Crippen molar-refractivity contribution in [1.29, 1.82) is 0 Å². The van der Waals surface area contributed by atoms with Crippen molar-refractivity contribution in [2.75, 3.05) is 0 Å². The quantitative estimate of drug-likeness (QED) is 0.268. The zero-order chi connectivity index (χ0) is 23.2. The van der Waals surface area contributed by atoms with Gasteiger partial charge in [0.2, 0.25) is 0 Å². The maximum absolute atomic E-state index is 13.8. The second kappa shape index (κ2) is 8.52. The van der Waals surface area contributed by atoms with E-state index in [1.165, 1.54) is 22.2 Å². The second-order valence-corrected chi connectivity index (χ2v) is 10.5. The van der Waals surface area contributed by atoms with Gasteiger partial charge in [0.05, 0.1) is 27.7 Å². The van der Waals surface area contributed by atoms with Crippen LogP contribution in [-0.2, 0) is 25.6 Å². The summed E-state index contributed by atoms with van der Waals surface area (Å²) in [4.78, 5) is 38.5. The number of rotatable bonds is 4. The van der Waals surface area contributed by atoms with E-state index in [-0.39, 0.29) is 11.1 Å². The smallest absolute Gasteiger partial charge is 0.267 e. The summed E-state index contributed by atoms with van der Waals surface area (Å²) >= 11 is 3.09. The Labute approximate surface area is 203 Å². The summed E-state index contributed by atoms with van der Waals surface area (Å²) in [5, 5.41) is 1.98. The fourth-order valence-electron chi connectivity index (χ4n) is 4.61. The first-order valence-electron chi connectivity index (χ1n) is 11.3. The fourth-order valence-corrected chi connectivity index (χ4v) is 6.91. The van der Waals surface area contributed by atoms with Crippen molar-refractivity contribution in [3.05, 3.63) is 91.6 Å². The molecule has 0 amide bonds. The van der Waals surface area contributed by atoms with Gasteiger partial charge in [-0.1, -0.05) is 42.1 Å². The van der Waals surface area contributed by atoms with E-state index in [1.807, 2.05) is 48.5 Å². The lowest BCUT2D eigenvalue weighted by molar-refractivity contribution is 0.699. The minimum Gasteiger partial charge on any atom is -0.299 e. The summed E-state index contributed by atoms with van der Waals surface area (Å²) in [6.45, 7) is 0. The Morgan fingerprint density at radius 3 is 2.56 bits per heavy atom. The first-order chi connectivity index (χ1) is 16.6. The van der Waals surface area contributed by atoms with Gasteiger partial charge in [-0.2, -0.15) is 0 Å². The van der Waals surface area contributed by atoms with E-state index < -0.39 is 0 Å². The first-order valence-corrected chi connectivity index (χ1v) is 13.1. The average molecular weight is 487 g/mol. The number of aryl methyl sites for hydroxylation is 2. The third-order valence-corrected chi connectivity index (χ3v) is 8.50. The number of aromatic nitrogens is 4. The molecule has 0 bridgehead atoms. The molecule has 6 rings (SSSR count). The number of hydrogen-bond donors (Lipinski definition) is 0. The van der Waals surface area contributed by atoms with Gasteiger partial charge in [-0.05, 0) is 55.5 Å². The first kappa shape index (κ1) is 21.3. The third-order valence-electron chi connectivity index (χ3n) is 6.38. The van der Waals surface area contributed by atoms with Crippen molar-refractivity contribution in [2.45, 2.75) is 36.6 Å². The molecule has 170 valence electrons. The molecule has 0 radical (unpaired) electrons. The van der Waals surface area contributed by atoms with Crippen LogP contribution >= 0.6 is 23.1 Å². The highest BCUT2D eigenvalue weighted by atomic mass is 32.2. The molecule has 3 heterocycles. The molecule has 0 saturated heterocycles. The summed E-state index contributed by atoms with van der Waals surface area (Å²) in [6, 6.07) is 17.0. The van der Waals surface area contributed by atoms with Gasteiger partial charge in [0, 0.05) is 11.9 Å². The Bertz CT molecular complexity index is 1670. The van der Waals surface area contributed by atoms with Crippen molar-refractivity contribution in [2.24, 2.45) is 7.05 Å². The number of thioether (sulfide) groups is 1. The summed E-state index contributed by atoms with van der Waals surface area (Å²) in [5.41, 5.74) is 2.56. The molecular weight excluding hydrogens is 464 g/mol. The van der Waals surface area contributed by atoms with E-state index in [1.54, 1.807) is 33.6 Å². The molecule has 34 heavy (non-hydrogen) atoms. The van der Waals surface area contributed by atoms with Crippen molar-refractivity contribution >= 4 is 44.2 Å². The Morgan fingerprint density at radius 1 is 0.941 bits per heavy atom.